The Hall–Kier alpha value is -1.56. The predicted octanol–water partition coefficient (Wildman–Crippen LogP) is 6.81. The minimum Gasteiger partial charge on any atom is -0.0656 e. The molecule has 0 bridgehead atoms. The van der Waals surface area contributed by atoms with Gasteiger partial charge in [0.25, 0.3) is 0 Å². The van der Waals surface area contributed by atoms with E-state index in [1.54, 1.807) is 0 Å². The molecular formula is C22H30. The lowest BCUT2D eigenvalue weighted by atomic mass is 9.76. The van der Waals surface area contributed by atoms with Crippen LogP contribution in [0.4, 0.5) is 0 Å². The van der Waals surface area contributed by atoms with Crippen LogP contribution in [0.2, 0.25) is 0 Å². The van der Waals surface area contributed by atoms with Gasteiger partial charge in [0.05, 0.1) is 0 Å². The quantitative estimate of drug-likeness (QED) is 0.571. The summed E-state index contributed by atoms with van der Waals surface area (Å²) in [5.74, 6) is 0. The van der Waals surface area contributed by atoms with Gasteiger partial charge in [-0.25, -0.2) is 0 Å². The van der Waals surface area contributed by atoms with Crippen LogP contribution in [0.3, 0.4) is 0 Å². The van der Waals surface area contributed by atoms with E-state index in [0.717, 1.165) is 0 Å². The lowest BCUT2D eigenvalue weighted by molar-refractivity contribution is 0.523. The van der Waals surface area contributed by atoms with Gasteiger partial charge < -0.3 is 0 Å². The van der Waals surface area contributed by atoms with Crippen LogP contribution in [0.25, 0.3) is 11.1 Å². The first-order chi connectivity index (χ1) is 10.5. The monoisotopic (exact) mass is 294 g/mol. The van der Waals surface area contributed by atoms with Crippen LogP contribution in [0.5, 0.6) is 0 Å². The van der Waals surface area contributed by atoms with Crippen molar-refractivity contribution in [3.8, 4) is 11.1 Å². The van der Waals surface area contributed by atoms with Crippen LogP contribution >= 0.6 is 0 Å². The summed E-state index contributed by atoms with van der Waals surface area (Å²) in [7, 11) is 0. The molecule has 1 aliphatic carbocycles. The van der Waals surface area contributed by atoms with Crippen molar-refractivity contribution in [3.63, 3.8) is 0 Å². The summed E-state index contributed by atoms with van der Waals surface area (Å²) < 4.78 is 0. The number of hydrogen-bond acceptors (Lipinski definition) is 0. The van der Waals surface area contributed by atoms with Crippen molar-refractivity contribution in [1.82, 2.24) is 0 Å². The molecule has 0 atom stereocenters. The summed E-state index contributed by atoms with van der Waals surface area (Å²) in [6.45, 7) is 13.3. The van der Waals surface area contributed by atoms with Gasteiger partial charge in [-0.05, 0) is 42.5 Å². The molecule has 3 rings (SSSR count). The minimum atomic E-state index is 0.192. The maximum Gasteiger partial charge on any atom is 0.0187 e. The molecule has 0 spiro atoms. The van der Waals surface area contributed by atoms with E-state index in [9.17, 15) is 0 Å². The number of benzene rings is 2. The highest BCUT2D eigenvalue weighted by molar-refractivity contribution is 5.81. The third-order valence-corrected chi connectivity index (χ3v) is 4.58. The summed E-state index contributed by atoms with van der Waals surface area (Å²) in [5, 5.41) is 0. The van der Waals surface area contributed by atoms with Crippen LogP contribution in [0.1, 0.15) is 69.2 Å². The van der Waals surface area contributed by atoms with Gasteiger partial charge in [0.15, 0.2) is 0 Å². The lowest BCUT2D eigenvalue weighted by Gasteiger charge is -2.27. The molecule has 0 saturated carbocycles. The highest BCUT2D eigenvalue weighted by atomic mass is 14.4. The first-order valence-corrected chi connectivity index (χ1v) is 8.70. The Labute approximate surface area is 136 Å². The van der Waals surface area contributed by atoms with Gasteiger partial charge in [0.1, 0.15) is 0 Å². The molecule has 0 heteroatoms. The molecule has 118 valence electrons. The molecule has 0 aliphatic heterocycles. The number of hydrogen-bond donors (Lipinski definition) is 0. The normalized spacial score (nSPS) is 13.9. The molecule has 0 fully saturated rings. The SMILES string of the molecule is CCC.CCCC1(C)c2cc(C)ccc2-c2ccc(C)cc21. The van der Waals surface area contributed by atoms with E-state index < -0.39 is 0 Å². The molecule has 0 nitrogen and oxygen atoms in total. The van der Waals surface area contributed by atoms with Crippen LogP contribution in [0, 0.1) is 13.8 Å². The second kappa shape index (κ2) is 6.69. The second-order valence-electron chi connectivity index (χ2n) is 6.89. The van der Waals surface area contributed by atoms with E-state index in [1.807, 2.05) is 0 Å². The molecule has 0 heterocycles. The Morgan fingerprint density at radius 1 is 0.773 bits per heavy atom. The van der Waals surface area contributed by atoms with Crippen molar-refractivity contribution in [1.29, 1.82) is 0 Å². The maximum absolute atomic E-state index is 2.42. The molecule has 0 aromatic heterocycles. The van der Waals surface area contributed by atoms with E-state index in [1.165, 1.54) is 52.6 Å². The molecule has 2 aromatic rings. The summed E-state index contributed by atoms with van der Waals surface area (Å²) in [6.07, 6.45) is 3.69. The second-order valence-corrected chi connectivity index (χ2v) is 6.89. The Kier molecular flexibility index (Phi) is 5.11. The van der Waals surface area contributed by atoms with Crippen molar-refractivity contribution in [2.45, 2.75) is 66.2 Å². The van der Waals surface area contributed by atoms with Crippen LogP contribution in [0.15, 0.2) is 36.4 Å². The van der Waals surface area contributed by atoms with Crippen LogP contribution < -0.4 is 0 Å². The van der Waals surface area contributed by atoms with Gasteiger partial charge in [-0.3, -0.25) is 0 Å². The van der Waals surface area contributed by atoms with E-state index in [4.69, 9.17) is 0 Å². The number of fused-ring (bicyclic) bond motifs is 3. The fourth-order valence-electron chi connectivity index (χ4n) is 3.61. The van der Waals surface area contributed by atoms with E-state index >= 15 is 0 Å². The number of rotatable bonds is 2. The molecule has 22 heavy (non-hydrogen) atoms. The molecule has 0 radical (unpaired) electrons. The lowest BCUT2D eigenvalue weighted by Crippen LogP contribution is -2.20. The van der Waals surface area contributed by atoms with Crippen molar-refractivity contribution < 1.29 is 0 Å². The average Bonchev–Trinajstić information content (AvgIpc) is 2.70. The van der Waals surface area contributed by atoms with E-state index in [0.29, 0.717) is 0 Å². The van der Waals surface area contributed by atoms with Gasteiger partial charge in [-0.15, -0.1) is 0 Å². The average molecular weight is 294 g/mol. The molecule has 0 saturated heterocycles. The predicted molar refractivity (Wildman–Crippen MR) is 98.7 cm³/mol. The highest BCUT2D eigenvalue weighted by Gasteiger charge is 2.38. The largest absolute Gasteiger partial charge is 0.0656 e. The fraction of sp³-hybridized carbons (Fsp3) is 0.455. The third kappa shape index (κ3) is 2.84. The Morgan fingerprint density at radius 2 is 1.18 bits per heavy atom. The zero-order valence-electron chi connectivity index (χ0n) is 15.1. The van der Waals surface area contributed by atoms with Crippen LogP contribution in [-0.2, 0) is 5.41 Å². The first-order valence-electron chi connectivity index (χ1n) is 8.70. The summed E-state index contributed by atoms with van der Waals surface area (Å²) in [5.41, 5.74) is 8.85. The smallest absolute Gasteiger partial charge is 0.0187 e. The van der Waals surface area contributed by atoms with E-state index in [2.05, 4.69) is 77.9 Å². The van der Waals surface area contributed by atoms with Gasteiger partial charge >= 0.3 is 0 Å². The molecule has 0 unspecified atom stereocenters. The minimum absolute atomic E-state index is 0.192. The highest BCUT2D eigenvalue weighted by Crippen LogP contribution is 2.51. The van der Waals surface area contributed by atoms with Gasteiger partial charge in [-0.1, -0.05) is 88.1 Å². The molecule has 1 aliphatic rings. The summed E-state index contributed by atoms with van der Waals surface area (Å²) >= 11 is 0. The summed E-state index contributed by atoms with van der Waals surface area (Å²) in [4.78, 5) is 0. The van der Waals surface area contributed by atoms with Gasteiger partial charge in [0.2, 0.25) is 0 Å². The number of aryl methyl sites for hydroxylation is 2. The molecule has 0 amide bonds. The zero-order chi connectivity index (χ0) is 16.3. The van der Waals surface area contributed by atoms with Crippen LogP contribution in [-0.4, -0.2) is 0 Å². The standard InChI is InChI=1S/C19H22.C3H8/c1-5-10-19(4)17-11-13(2)6-8-15(17)16-9-7-14(3)12-18(16)19;1-3-2/h6-9,11-12H,5,10H2,1-4H3;3H2,1-2H3. The van der Waals surface area contributed by atoms with Gasteiger partial charge in [-0.2, -0.15) is 0 Å². The maximum atomic E-state index is 2.42. The first kappa shape index (κ1) is 16.8. The summed E-state index contributed by atoms with van der Waals surface area (Å²) in [6, 6.07) is 13.9. The van der Waals surface area contributed by atoms with Gasteiger partial charge in [0, 0.05) is 5.41 Å². The molecular weight excluding hydrogens is 264 g/mol. The van der Waals surface area contributed by atoms with Crippen molar-refractivity contribution in [3.05, 3.63) is 58.7 Å². The van der Waals surface area contributed by atoms with Crippen molar-refractivity contribution >= 4 is 0 Å². The topological polar surface area (TPSA) is 0 Å². The fourth-order valence-corrected chi connectivity index (χ4v) is 3.61. The van der Waals surface area contributed by atoms with E-state index in [-0.39, 0.29) is 5.41 Å². The zero-order valence-corrected chi connectivity index (χ0v) is 15.1. The Balaban J connectivity index is 0.000000545. The molecule has 0 N–H and O–H groups in total. The Bertz CT molecular complexity index is 598. The third-order valence-electron chi connectivity index (χ3n) is 4.58. The van der Waals surface area contributed by atoms with Crippen molar-refractivity contribution in [2.75, 3.05) is 0 Å². The van der Waals surface area contributed by atoms with Crippen molar-refractivity contribution in [2.24, 2.45) is 0 Å². The molecule has 2 aromatic carbocycles. The Morgan fingerprint density at radius 3 is 1.55 bits per heavy atom.